The Balaban J connectivity index is 1.67. The van der Waals surface area contributed by atoms with Crippen molar-refractivity contribution in [3.05, 3.63) is 101 Å². The second kappa shape index (κ2) is 10.8. The zero-order chi connectivity index (χ0) is 20.5. The van der Waals surface area contributed by atoms with Gasteiger partial charge in [-0.25, -0.2) is 0 Å². The molecule has 4 nitrogen and oxygen atoms in total. The van der Waals surface area contributed by atoms with Crippen molar-refractivity contribution in [2.24, 2.45) is 0 Å². The number of para-hydroxylation sites is 1. The normalized spacial score (nSPS) is 10.4. The summed E-state index contributed by atoms with van der Waals surface area (Å²) in [6.07, 6.45) is 0. The van der Waals surface area contributed by atoms with Gasteiger partial charge in [0.15, 0.2) is 5.17 Å². The first kappa shape index (κ1) is 21.1. The van der Waals surface area contributed by atoms with Crippen LogP contribution in [0.5, 0.6) is 5.75 Å². The quantitative estimate of drug-likeness (QED) is 0.322. The molecule has 0 heterocycles. The minimum Gasteiger partial charge on any atom is -0.486 e. The van der Waals surface area contributed by atoms with Crippen LogP contribution < -0.4 is 4.74 Å². The number of nitrogens with one attached hydrogen (secondary N) is 2. The van der Waals surface area contributed by atoms with Gasteiger partial charge >= 0.3 is 0 Å². The molecule has 0 aliphatic heterocycles. The first-order valence-electron chi connectivity index (χ1n) is 9.14. The van der Waals surface area contributed by atoms with E-state index in [1.54, 1.807) is 4.90 Å². The highest BCUT2D eigenvalue weighted by Gasteiger charge is 2.17. The van der Waals surface area contributed by atoms with E-state index >= 15 is 0 Å². The summed E-state index contributed by atoms with van der Waals surface area (Å²) in [7, 11) is 0. The number of ether oxygens (including phenoxy) is 1. The van der Waals surface area contributed by atoms with Crippen molar-refractivity contribution < 1.29 is 4.74 Å². The second-order valence-electron chi connectivity index (χ2n) is 6.34. The molecule has 0 aromatic heterocycles. The number of halogens is 1. The fourth-order valence-corrected chi connectivity index (χ4v) is 3.92. The van der Waals surface area contributed by atoms with E-state index in [4.69, 9.17) is 15.6 Å². The van der Waals surface area contributed by atoms with E-state index in [0.29, 0.717) is 23.2 Å². The highest BCUT2D eigenvalue weighted by molar-refractivity contribution is 9.10. The van der Waals surface area contributed by atoms with Gasteiger partial charge in [-0.1, -0.05) is 88.4 Å². The number of thioether (sulfide) groups is 1. The van der Waals surface area contributed by atoms with Crippen LogP contribution in [0.2, 0.25) is 0 Å². The average Bonchev–Trinajstić information content (AvgIpc) is 2.75. The maximum absolute atomic E-state index is 8.59. The van der Waals surface area contributed by atoms with E-state index in [9.17, 15) is 0 Å². The molecular weight excluding hydrogens is 446 g/mol. The zero-order valence-corrected chi connectivity index (χ0v) is 18.2. The lowest BCUT2D eigenvalue weighted by atomic mass is 10.2. The van der Waals surface area contributed by atoms with Crippen molar-refractivity contribution in [3.63, 3.8) is 0 Å². The molecule has 0 aliphatic carbocycles. The molecule has 0 saturated heterocycles. The van der Waals surface area contributed by atoms with Crippen LogP contribution in [0.3, 0.4) is 0 Å². The molecule has 6 heteroatoms. The van der Waals surface area contributed by atoms with E-state index in [1.165, 1.54) is 11.8 Å². The summed E-state index contributed by atoms with van der Waals surface area (Å²) in [5, 5.41) is 17.5. The molecule has 0 fully saturated rings. The summed E-state index contributed by atoms with van der Waals surface area (Å²) in [5.74, 6) is 1.63. The van der Waals surface area contributed by atoms with Crippen LogP contribution in [-0.2, 0) is 12.3 Å². The summed E-state index contributed by atoms with van der Waals surface area (Å²) < 4.78 is 6.76. The predicted molar refractivity (Wildman–Crippen MR) is 125 cm³/mol. The highest BCUT2D eigenvalue weighted by Crippen LogP contribution is 2.20. The third kappa shape index (κ3) is 6.76. The molecule has 29 heavy (non-hydrogen) atoms. The Hall–Kier alpha value is -2.57. The average molecular weight is 468 g/mol. The fraction of sp³-hybridized carbons (Fsp3) is 0.130. The van der Waals surface area contributed by atoms with Gasteiger partial charge in [-0.05, 0) is 35.4 Å². The molecule has 0 aliphatic rings. The van der Waals surface area contributed by atoms with Gasteiger partial charge in [0.2, 0.25) is 0 Å². The van der Waals surface area contributed by atoms with Gasteiger partial charge in [0.1, 0.15) is 18.2 Å². The lowest BCUT2D eigenvalue weighted by Gasteiger charge is -2.25. The van der Waals surface area contributed by atoms with Crippen LogP contribution in [0, 0.1) is 10.8 Å². The number of rotatable bonds is 7. The number of amidine groups is 2. The lowest BCUT2D eigenvalue weighted by Crippen LogP contribution is -2.37. The number of benzene rings is 3. The van der Waals surface area contributed by atoms with Crippen LogP contribution >= 0.6 is 27.7 Å². The first-order valence-corrected chi connectivity index (χ1v) is 10.9. The third-order valence-electron chi connectivity index (χ3n) is 4.14. The van der Waals surface area contributed by atoms with Gasteiger partial charge in [-0.3, -0.25) is 10.8 Å². The van der Waals surface area contributed by atoms with E-state index in [2.05, 4.69) is 15.9 Å². The number of nitrogens with zero attached hydrogens (tertiary/aromatic N) is 1. The molecule has 0 amide bonds. The monoisotopic (exact) mass is 467 g/mol. The largest absolute Gasteiger partial charge is 0.486 e. The van der Waals surface area contributed by atoms with Gasteiger partial charge in [0.25, 0.3) is 0 Å². The Morgan fingerprint density at radius 2 is 1.52 bits per heavy atom. The molecule has 3 aromatic rings. The van der Waals surface area contributed by atoms with E-state index in [-0.39, 0.29) is 12.4 Å². The van der Waals surface area contributed by atoms with Crippen molar-refractivity contribution in [2.75, 3.05) is 6.61 Å². The van der Waals surface area contributed by atoms with Crippen LogP contribution in [0.15, 0.2) is 89.4 Å². The Morgan fingerprint density at radius 3 is 2.21 bits per heavy atom. The molecule has 2 N–H and O–H groups in total. The Labute approximate surface area is 184 Å². The van der Waals surface area contributed by atoms with Crippen LogP contribution in [0.25, 0.3) is 0 Å². The number of hydrogen-bond donors (Lipinski definition) is 2. The molecule has 148 valence electrons. The first-order chi connectivity index (χ1) is 14.1. The second-order valence-corrected chi connectivity index (χ2v) is 8.22. The molecular formula is C23H22BrN3OS. The van der Waals surface area contributed by atoms with Crippen molar-refractivity contribution in [3.8, 4) is 5.75 Å². The minimum atomic E-state index is 0.108. The maximum atomic E-state index is 8.59. The van der Waals surface area contributed by atoms with Gasteiger partial charge in [0.05, 0.1) is 6.54 Å². The molecule has 0 bridgehead atoms. The maximum Gasteiger partial charge on any atom is 0.162 e. The Bertz CT molecular complexity index is 951. The fourth-order valence-electron chi connectivity index (χ4n) is 2.66. The highest BCUT2D eigenvalue weighted by atomic mass is 79.9. The van der Waals surface area contributed by atoms with Crippen LogP contribution in [-0.4, -0.2) is 22.5 Å². The summed E-state index contributed by atoms with van der Waals surface area (Å²) >= 11 is 4.89. The smallest absolute Gasteiger partial charge is 0.162 e. The summed E-state index contributed by atoms with van der Waals surface area (Å²) in [6.45, 7) is 0.568. The Morgan fingerprint density at radius 1 is 0.862 bits per heavy atom. The molecule has 3 aromatic carbocycles. The molecule has 0 spiro atoms. The predicted octanol–water partition coefficient (Wildman–Crippen LogP) is 6.18. The SMILES string of the molecule is N=C(COc1ccccc1)N(Cc1ccccc1)C(=N)SCc1cccc(Br)c1. The van der Waals surface area contributed by atoms with E-state index in [1.807, 2.05) is 84.9 Å². The zero-order valence-electron chi connectivity index (χ0n) is 15.8. The summed E-state index contributed by atoms with van der Waals surface area (Å²) in [5.41, 5.74) is 2.17. The number of hydrogen-bond acceptors (Lipinski definition) is 4. The van der Waals surface area contributed by atoms with Crippen molar-refractivity contribution in [2.45, 2.75) is 12.3 Å². The summed E-state index contributed by atoms with van der Waals surface area (Å²) in [4.78, 5) is 1.70. The van der Waals surface area contributed by atoms with Gasteiger partial charge in [-0.15, -0.1) is 0 Å². The van der Waals surface area contributed by atoms with Crippen molar-refractivity contribution in [1.29, 1.82) is 10.8 Å². The minimum absolute atomic E-state index is 0.108. The molecule has 0 atom stereocenters. The lowest BCUT2D eigenvalue weighted by molar-refractivity contribution is 0.359. The van der Waals surface area contributed by atoms with Gasteiger partial charge in [0, 0.05) is 10.2 Å². The van der Waals surface area contributed by atoms with Gasteiger partial charge < -0.3 is 9.64 Å². The van der Waals surface area contributed by atoms with Crippen LogP contribution in [0.4, 0.5) is 0 Å². The third-order valence-corrected chi connectivity index (χ3v) is 5.60. The summed E-state index contributed by atoms with van der Waals surface area (Å²) in [6, 6.07) is 27.4. The topological polar surface area (TPSA) is 60.2 Å². The van der Waals surface area contributed by atoms with Gasteiger partial charge in [-0.2, -0.15) is 0 Å². The molecule has 0 radical (unpaired) electrons. The molecule has 3 rings (SSSR count). The van der Waals surface area contributed by atoms with E-state index < -0.39 is 0 Å². The molecule has 0 saturated carbocycles. The molecule has 0 unspecified atom stereocenters. The van der Waals surface area contributed by atoms with Crippen molar-refractivity contribution >= 4 is 38.7 Å². The van der Waals surface area contributed by atoms with E-state index in [0.717, 1.165) is 15.6 Å². The van der Waals surface area contributed by atoms with Crippen molar-refractivity contribution in [1.82, 2.24) is 4.90 Å². The Kier molecular flexibility index (Phi) is 7.90. The standard InChI is InChI=1S/C23H22BrN3OS/c24-20-11-7-10-19(14-20)17-29-23(26)27(15-18-8-3-1-4-9-18)22(25)16-28-21-12-5-2-6-13-21/h1-14,25-26H,15-17H2. The van der Waals surface area contributed by atoms with Crippen LogP contribution in [0.1, 0.15) is 11.1 Å².